The number of urea groups is 1. The number of amides is 4. The van der Waals surface area contributed by atoms with Crippen molar-refractivity contribution < 1.29 is 27.9 Å². The van der Waals surface area contributed by atoms with E-state index in [2.05, 4.69) is 15.4 Å². The van der Waals surface area contributed by atoms with Crippen molar-refractivity contribution in [3.8, 4) is 5.75 Å². The van der Waals surface area contributed by atoms with Gasteiger partial charge in [-0.25, -0.2) is 4.79 Å². The van der Waals surface area contributed by atoms with Crippen LogP contribution < -0.4 is 15.4 Å². The molecule has 0 bridgehead atoms. The topological polar surface area (TPSA) is 87.7 Å². The summed E-state index contributed by atoms with van der Waals surface area (Å²) in [6.07, 6.45) is 0.494. The van der Waals surface area contributed by atoms with E-state index in [1.165, 1.54) is 24.3 Å². The van der Waals surface area contributed by atoms with Crippen LogP contribution in [0.3, 0.4) is 0 Å². The average molecular weight is 355 g/mol. The second-order valence-corrected chi connectivity index (χ2v) is 6.01. The predicted octanol–water partition coefficient (Wildman–Crippen LogP) is 2.19. The Labute approximate surface area is 143 Å². The summed E-state index contributed by atoms with van der Waals surface area (Å²) in [5.41, 5.74) is 0.331. The molecule has 0 spiro atoms. The van der Waals surface area contributed by atoms with E-state index < -0.39 is 37.0 Å². The Morgan fingerprint density at radius 2 is 1.92 bits per heavy atom. The minimum Gasteiger partial charge on any atom is -0.435 e. The van der Waals surface area contributed by atoms with Crippen LogP contribution in [0.1, 0.15) is 20.3 Å². The van der Waals surface area contributed by atoms with Crippen LogP contribution in [-0.2, 0) is 9.59 Å². The highest BCUT2D eigenvalue weighted by atomic mass is 19.3. The summed E-state index contributed by atoms with van der Waals surface area (Å²) in [6.45, 7) is 0.500. The van der Waals surface area contributed by atoms with E-state index in [9.17, 15) is 23.2 Å². The van der Waals surface area contributed by atoms with Crippen LogP contribution in [0.2, 0.25) is 0 Å². The fraction of sp³-hybridized carbons (Fsp3) is 0.438. The third-order valence-corrected chi connectivity index (χ3v) is 3.48. The van der Waals surface area contributed by atoms with Crippen molar-refractivity contribution in [2.24, 2.45) is 5.92 Å². The van der Waals surface area contributed by atoms with Gasteiger partial charge in [-0.3, -0.25) is 14.5 Å². The van der Waals surface area contributed by atoms with Crippen LogP contribution in [0, 0.1) is 5.92 Å². The van der Waals surface area contributed by atoms with Crippen LogP contribution in [0.15, 0.2) is 24.3 Å². The van der Waals surface area contributed by atoms with Crippen molar-refractivity contribution >= 4 is 23.5 Å². The predicted molar refractivity (Wildman–Crippen MR) is 85.2 cm³/mol. The number of halogens is 2. The molecule has 1 atom stereocenters. The van der Waals surface area contributed by atoms with Crippen molar-refractivity contribution in [1.29, 1.82) is 0 Å². The SMILES string of the molecule is CC(C)C[C@H]1NC(=O)N(CC(=O)Nc2ccc(OC(F)F)cc2)C1=O. The maximum atomic E-state index is 12.2. The lowest BCUT2D eigenvalue weighted by Crippen LogP contribution is -2.38. The highest BCUT2D eigenvalue weighted by molar-refractivity contribution is 6.07. The molecule has 7 nitrogen and oxygen atoms in total. The lowest BCUT2D eigenvalue weighted by Gasteiger charge is -2.14. The molecule has 1 heterocycles. The fourth-order valence-corrected chi connectivity index (χ4v) is 2.42. The molecule has 1 aliphatic heterocycles. The largest absolute Gasteiger partial charge is 0.435 e. The minimum absolute atomic E-state index is 0.0429. The number of alkyl halides is 2. The Morgan fingerprint density at radius 3 is 2.48 bits per heavy atom. The van der Waals surface area contributed by atoms with E-state index in [1.807, 2.05) is 13.8 Å². The molecule has 4 amide bonds. The minimum atomic E-state index is -2.93. The van der Waals surface area contributed by atoms with E-state index in [4.69, 9.17) is 0 Å². The van der Waals surface area contributed by atoms with Gasteiger partial charge in [-0.15, -0.1) is 0 Å². The van der Waals surface area contributed by atoms with Crippen LogP contribution in [0.4, 0.5) is 19.3 Å². The molecule has 2 N–H and O–H groups in total. The summed E-state index contributed by atoms with van der Waals surface area (Å²) in [6, 6.07) is 4.08. The first kappa shape index (κ1) is 18.6. The van der Waals surface area contributed by atoms with Gasteiger partial charge in [-0.1, -0.05) is 13.8 Å². The van der Waals surface area contributed by atoms with Gasteiger partial charge >= 0.3 is 12.6 Å². The molecule has 0 radical (unpaired) electrons. The third-order valence-electron chi connectivity index (χ3n) is 3.48. The number of carbonyl (C=O) groups is 3. The number of ether oxygens (including phenoxy) is 1. The molecular weight excluding hydrogens is 336 g/mol. The zero-order valence-electron chi connectivity index (χ0n) is 13.8. The number of rotatable bonds is 7. The fourth-order valence-electron chi connectivity index (χ4n) is 2.42. The normalized spacial score (nSPS) is 17.2. The van der Waals surface area contributed by atoms with E-state index in [1.54, 1.807) is 0 Å². The summed E-state index contributed by atoms with van der Waals surface area (Å²) < 4.78 is 28.4. The van der Waals surface area contributed by atoms with Gasteiger partial charge in [0.05, 0.1) is 0 Å². The van der Waals surface area contributed by atoms with Crippen molar-refractivity contribution in [2.75, 3.05) is 11.9 Å². The monoisotopic (exact) mass is 355 g/mol. The van der Waals surface area contributed by atoms with Crippen LogP contribution >= 0.6 is 0 Å². The second-order valence-electron chi connectivity index (χ2n) is 6.01. The molecule has 1 aromatic rings. The van der Waals surface area contributed by atoms with Crippen molar-refractivity contribution in [3.05, 3.63) is 24.3 Å². The molecule has 0 aromatic heterocycles. The Kier molecular flexibility index (Phi) is 5.89. The smallest absolute Gasteiger partial charge is 0.387 e. The van der Waals surface area contributed by atoms with Crippen molar-refractivity contribution in [1.82, 2.24) is 10.2 Å². The lowest BCUT2D eigenvalue weighted by atomic mass is 10.0. The van der Waals surface area contributed by atoms with Gasteiger partial charge in [-0.05, 0) is 36.6 Å². The van der Waals surface area contributed by atoms with Gasteiger partial charge < -0.3 is 15.4 Å². The number of hydrogen-bond donors (Lipinski definition) is 2. The molecule has 1 aromatic carbocycles. The molecular formula is C16H19F2N3O4. The molecule has 0 unspecified atom stereocenters. The standard InChI is InChI=1S/C16H19F2N3O4/c1-9(2)7-12-14(23)21(16(24)20-12)8-13(22)19-10-3-5-11(6-4-10)25-15(17)18/h3-6,9,12,15H,7-8H2,1-2H3,(H,19,22)(H,20,24)/t12-/m1/s1. The highest BCUT2D eigenvalue weighted by Gasteiger charge is 2.38. The molecule has 9 heteroatoms. The first-order valence-corrected chi connectivity index (χ1v) is 7.73. The Morgan fingerprint density at radius 1 is 1.28 bits per heavy atom. The van der Waals surface area contributed by atoms with Gasteiger partial charge in [-0.2, -0.15) is 8.78 Å². The van der Waals surface area contributed by atoms with E-state index in [-0.39, 0.29) is 11.7 Å². The van der Waals surface area contributed by atoms with Crippen molar-refractivity contribution in [3.63, 3.8) is 0 Å². The third kappa shape index (κ3) is 5.13. The van der Waals surface area contributed by atoms with Gasteiger partial charge in [0.1, 0.15) is 18.3 Å². The first-order valence-electron chi connectivity index (χ1n) is 7.73. The number of imide groups is 1. The molecule has 1 fully saturated rings. The molecule has 25 heavy (non-hydrogen) atoms. The van der Waals surface area contributed by atoms with Gasteiger partial charge in [0.25, 0.3) is 5.91 Å². The molecule has 136 valence electrons. The van der Waals surface area contributed by atoms with E-state index in [0.29, 0.717) is 12.1 Å². The number of nitrogens with one attached hydrogen (secondary N) is 2. The van der Waals surface area contributed by atoms with Crippen LogP contribution in [0.5, 0.6) is 5.75 Å². The number of benzene rings is 1. The summed E-state index contributed by atoms with van der Waals surface area (Å²) in [7, 11) is 0. The summed E-state index contributed by atoms with van der Waals surface area (Å²) in [5.74, 6) is -0.832. The quantitative estimate of drug-likeness (QED) is 0.734. The van der Waals surface area contributed by atoms with Gasteiger partial charge in [0.15, 0.2) is 0 Å². The van der Waals surface area contributed by atoms with Crippen LogP contribution in [0.25, 0.3) is 0 Å². The molecule has 0 saturated carbocycles. The van der Waals surface area contributed by atoms with E-state index in [0.717, 1.165) is 4.90 Å². The Balaban J connectivity index is 1.91. The molecule has 0 aliphatic carbocycles. The molecule has 1 saturated heterocycles. The van der Waals surface area contributed by atoms with E-state index >= 15 is 0 Å². The van der Waals surface area contributed by atoms with Crippen LogP contribution in [-0.4, -0.2) is 41.9 Å². The Bertz CT molecular complexity index is 649. The molecule has 1 aliphatic rings. The maximum absolute atomic E-state index is 12.2. The second kappa shape index (κ2) is 7.91. The van der Waals surface area contributed by atoms with Crippen molar-refractivity contribution in [2.45, 2.75) is 32.9 Å². The molecule has 2 rings (SSSR count). The summed E-state index contributed by atoms with van der Waals surface area (Å²) >= 11 is 0. The maximum Gasteiger partial charge on any atom is 0.387 e. The van der Waals surface area contributed by atoms with Gasteiger partial charge in [0, 0.05) is 5.69 Å². The Hall–Kier alpha value is -2.71. The highest BCUT2D eigenvalue weighted by Crippen LogP contribution is 2.18. The number of carbonyl (C=O) groups excluding carboxylic acids is 3. The first-order chi connectivity index (χ1) is 11.8. The number of anilines is 1. The zero-order chi connectivity index (χ0) is 18.6. The number of hydrogen-bond acceptors (Lipinski definition) is 4. The van der Waals surface area contributed by atoms with Gasteiger partial charge in [0.2, 0.25) is 5.91 Å². The zero-order valence-corrected chi connectivity index (χ0v) is 13.8. The number of nitrogens with zero attached hydrogens (tertiary/aromatic N) is 1. The lowest BCUT2D eigenvalue weighted by molar-refractivity contribution is -0.131. The summed E-state index contributed by atoms with van der Waals surface area (Å²) in [5, 5.41) is 5.04. The summed E-state index contributed by atoms with van der Waals surface area (Å²) in [4.78, 5) is 36.9. The average Bonchev–Trinajstić information content (AvgIpc) is 2.75.